The Bertz CT molecular complexity index is 810. The van der Waals surface area contributed by atoms with Crippen molar-refractivity contribution in [2.75, 3.05) is 20.3 Å². The molecule has 2 heterocycles. The molecule has 0 aliphatic carbocycles. The number of carbonyl (C=O) groups is 1. The van der Waals surface area contributed by atoms with Gasteiger partial charge in [0.25, 0.3) is 5.91 Å². The Labute approximate surface area is 149 Å². The van der Waals surface area contributed by atoms with Gasteiger partial charge in [-0.25, -0.2) is 9.40 Å². The minimum atomic E-state index is -0.613. The summed E-state index contributed by atoms with van der Waals surface area (Å²) in [5.74, 6) is 4.85. The van der Waals surface area contributed by atoms with E-state index in [1.54, 1.807) is 16.8 Å². The Morgan fingerprint density at radius 1 is 1.52 bits per heavy atom. The van der Waals surface area contributed by atoms with Crippen molar-refractivity contribution < 1.29 is 13.9 Å². The maximum Gasteiger partial charge on any atom is 0.252 e. The second kappa shape index (κ2) is 7.09. The standard InChI is InChI=1S/C16H19ClFN5O2/c1-25-5-4-10-7-22(20)8-13-14(16(19)24)15(21-23(10)13)9-2-3-12(18)11(17)6-9/h2-3,6,10H,4-5,7-8,20H2,1H3,(H2,19,24). The van der Waals surface area contributed by atoms with Crippen LogP contribution in [0.5, 0.6) is 0 Å². The Morgan fingerprint density at radius 2 is 2.28 bits per heavy atom. The Kier molecular flexibility index (Phi) is 5.05. The normalized spacial score (nSPS) is 17.5. The summed E-state index contributed by atoms with van der Waals surface area (Å²) >= 11 is 5.87. The minimum Gasteiger partial charge on any atom is -0.385 e. The largest absolute Gasteiger partial charge is 0.385 e. The monoisotopic (exact) mass is 367 g/mol. The molecule has 2 aromatic rings. The van der Waals surface area contributed by atoms with Gasteiger partial charge in [-0.1, -0.05) is 11.6 Å². The fraction of sp³-hybridized carbons (Fsp3) is 0.375. The molecule has 1 atom stereocenters. The molecule has 134 valence electrons. The van der Waals surface area contributed by atoms with E-state index in [0.717, 1.165) is 0 Å². The van der Waals surface area contributed by atoms with Gasteiger partial charge in [-0.3, -0.25) is 15.3 Å². The first-order valence-corrected chi connectivity index (χ1v) is 8.15. The van der Waals surface area contributed by atoms with Crippen molar-refractivity contribution in [3.63, 3.8) is 0 Å². The third-order valence-corrected chi connectivity index (χ3v) is 4.54. The number of amides is 1. The van der Waals surface area contributed by atoms with Crippen LogP contribution in [0.15, 0.2) is 18.2 Å². The van der Waals surface area contributed by atoms with Crippen LogP contribution in [0.2, 0.25) is 5.02 Å². The fourth-order valence-corrected chi connectivity index (χ4v) is 3.28. The number of nitrogens with zero attached hydrogens (tertiary/aromatic N) is 3. The number of ether oxygens (including phenoxy) is 1. The van der Waals surface area contributed by atoms with Crippen LogP contribution in [0.4, 0.5) is 4.39 Å². The second-order valence-electron chi connectivity index (χ2n) is 5.97. The molecule has 9 heteroatoms. The van der Waals surface area contributed by atoms with Gasteiger partial charge in [0, 0.05) is 25.8 Å². The van der Waals surface area contributed by atoms with Crippen molar-refractivity contribution in [2.45, 2.75) is 19.0 Å². The molecule has 0 spiro atoms. The lowest BCUT2D eigenvalue weighted by molar-refractivity contribution is 0.0993. The minimum absolute atomic E-state index is 0.0460. The van der Waals surface area contributed by atoms with Crippen LogP contribution < -0.4 is 11.6 Å². The van der Waals surface area contributed by atoms with Crippen LogP contribution in [0.25, 0.3) is 11.3 Å². The zero-order valence-corrected chi connectivity index (χ0v) is 14.5. The molecule has 25 heavy (non-hydrogen) atoms. The molecular formula is C16H19ClFN5O2. The first-order valence-electron chi connectivity index (χ1n) is 7.77. The number of fused-ring (bicyclic) bond motifs is 1. The highest BCUT2D eigenvalue weighted by atomic mass is 35.5. The lowest BCUT2D eigenvalue weighted by Crippen LogP contribution is -2.42. The molecule has 0 radical (unpaired) electrons. The van der Waals surface area contributed by atoms with E-state index in [2.05, 4.69) is 5.10 Å². The van der Waals surface area contributed by atoms with Crippen molar-refractivity contribution in [3.05, 3.63) is 40.3 Å². The van der Waals surface area contributed by atoms with Gasteiger partial charge in [0.2, 0.25) is 0 Å². The first kappa shape index (κ1) is 17.8. The zero-order valence-electron chi connectivity index (χ0n) is 13.7. The molecule has 0 bridgehead atoms. The number of nitrogens with two attached hydrogens (primary N) is 2. The molecule has 0 saturated heterocycles. The van der Waals surface area contributed by atoms with Crippen LogP contribution in [-0.4, -0.2) is 41.0 Å². The van der Waals surface area contributed by atoms with Crippen molar-refractivity contribution in [1.82, 2.24) is 14.8 Å². The van der Waals surface area contributed by atoms with E-state index in [0.29, 0.717) is 43.1 Å². The fourth-order valence-electron chi connectivity index (χ4n) is 3.10. The number of rotatable bonds is 5. The molecule has 1 amide bonds. The molecule has 1 aromatic heterocycles. The summed E-state index contributed by atoms with van der Waals surface area (Å²) in [7, 11) is 1.62. The predicted octanol–water partition coefficient (Wildman–Crippen LogP) is 1.71. The van der Waals surface area contributed by atoms with Crippen LogP contribution in [0.1, 0.15) is 28.5 Å². The number of carbonyl (C=O) groups excluding carboxylic acids is 1. The maximum absolute atomic E-state index is 13.5. The first-order chi connectivity index (χ1) is 11.9. The molecule has 1 aliphatic rings. The average molecular weight is 368 g/mol. The van der Waals surface area contributed by atoms with Gasteiger partial charge >= 0.3 is 0 Å². The highest BCUT2D eigenvalue weighted by Crippen LogP contribution is 2.33. The van der Waals surface area contributed by atoms with Crippen LogP contribution >= 0.6 is 11.6 Å². The molecule has 0 fully saturated rings. The van der Waals surface area contributed by atoms with E-state index in [4.69, 9.17) is 27.9 Å². The number of primary amides is 1. The summed E-state index contributed by atoms with van der Waals surface area (Å²) in [6.45, 7) is 1.44. The molecule has 4 N–H and O–H groups in total. The molecule has 3 rings (SSSR count). The number of hydrogen-bond acceptors (Lipinski definition) is 5. The Hall–Kier alpha value is -2.00. The third kappa shape index (κ3) is 3.38. The highest BCUT2D eigenvalue weighted by Gasteiger charge is 2.31. The molecule has 0 saturated carbocycles. The number of halogens is 2. The predicted molar refractivity (Wildman–Crippen MR) is 91.3 cm³/mol. The van der Waals surface area contributed by atoms with Gasteiger partial charge in [0.15, 0.2) is 0 Å². The average Bonchev–Trinajstić information content (AvgIpc) is 2.94. The summed E-state index contributed by atoms with van der Waals surface area (Å²) in [4.78, 5) is 12.1. The smallest absolute Gasteiger partial charge is 0.252 e. The number of hydrogen-bond donors (Lipinski definition) is 2. The summed E-state index contributed by atoms with van der Waals surface area (Å²) in [6, 6.07) is 4.13. The number of aromatic nitrogens is 2. The van der Waals surface area contributed by atoms with Crippen molar-refractivity contribution in [1.29, 1.82) is 0 Å². The molecular weight excluding hydrogens is 349 g/mol. The van der Waals surface area contributed by atoms with Crippen LogP contribution in [0, 0.1) is 5.82 Å². The van der Waals surface area contributed by atoms with Crippen molar-refractivity contribution in [2.24, 2.45) is 11.6 Å². The van der Waals surface area contributed by atoms with Crippen LogP contribution in [-0.2, 0) is 11.3 Å². The topological polar surface area (TPSA) is 99.4 Å². The van der Waals surface area contributed by atoms with Crippen LogP contribution in [0.3, 0.4) is 0 Å². The number of hydrazine groups is 1. The quantitative estimate of drug-likeness (QED) is 0.784. The van der Waals surface area contributed by atoms with E-state index in [1.807, 2.05) is 0 Å². The lowest BCUT2D eigenvalue weighted by Gasteiger charge is -2.31. The highest BCUT2D eigenvalue weighted by molar-refractivity contribution is 6.31. The molecule has 1 aromatic carbocycles. The van der Waals surface area contributed by atoms with Crippen molar-refractivity contribution >= 4 is 17.5 Å². The van der Waals surface area contributed by atoms with E-state index < -0.39 is 11.7 Å². The molecule has 1 aliphatic heterocycles. The molecule has 7 nitrogen and oxygen atoms in total. The number of benzene rings is 1. The van der Waals surface area contributed by atoms with Gasteiger partial charge < -0.3 is 10.5 Å². The third-order valence-electron chi connectivity index (χ3n) is 4.25. The lowest BCUT2D eigenvalue weighted by atomic mass is 10.0. The van der Waals surface area contributed by atoms with Gasteiger partial charge in [0.1, 0.15) is 11.5 Å². The summed E-state index contributed by atoms with van der Waals surface area (Å²) < 4.78 is 20.4. The zero-order chi connectivity index (χ0) is 18.1. The Morgan fingerprint density at radius 3 is 2.92 bits per heavy atom. The Balaban J connectivity index is 2.13. The summed E-state index contributed by atoms with van der Waals surface area (Å²) in [5, 5.41) is 6.15. The summed E-state index contributed by atoms with van der Waals surface area (Å²) in [5.41, 5.74) is 7.41. The van der Waals surface area contributed by atoms with E-state index in [9.17, 15) is 9.18 Å². The summed E-state index contributed by atoms with van der Waals surface area (Å²) in [6.07, 6.45) is 0.681. The van der Waals surface area contributed by atoms with Gasteiger partial charge in [0.05, 0.1) is 28.9 Å². The SMILES string of the molecule is COCCC1CN(N)Cc2c(C(N)=O)c(-c3ccc(F)c(Cl)c3)nn21. The number of methoxy groups -OCH3 is 1. The van der Waals surface area contributed by atoms with E-state index >= 15 is 0 Å². The van der Waals surface area contributed by atoms with E-state index in [-0.39, 0.29) is 16.6 Å². The second-order valence-corrected chi connectivity index (χ2v) is 6.38. The molecule has 1 unspecified atom stereocenters. The van der Waals surface area contributed by atoms with Crippen molar-refractivity contribution in [3.8, 4) is 11.3 Å². The van der Waals surface area contributed by atoms with Gasteiger partial charge in [-0.15, -0.1) is 0 Å². The van der Waals surface area contributed by atoms with Gasteiger partial charge in [-0.05, 0) is 24.6 Å². The maximum atomic E-state index is 13.5. The van der Waals surface area contributed by atoms with E-state index in [1.165, 1.54) is 18.2 Å². The van der Waals surface area contributed by atoms with Gasteiger partial charge in [-0.2, -0.15) is 5.10 Å².